The van der Waals surface area contributed by atoms with Crippen molar-refractivity contribution in [2.24, 2.45) is 0 Å². The lowest BCUT2D eigenvalue weighted by Crippen LogP contribution is -2.47. The monoisotopic (exact) mass is 394 g/mol. The van der Waals surface area contributed by atoms with Gasteiger partial charge in [0, 0.05) is 24.7 Å². The van der Waals surface area contributed by atoms with Crippen LogP contribution in [0.2, 0.25) is 0 Å². The van der Waals surface area contributed by atoms with Crippen LogP contribution in [0.3, 0.4) is 0 Å². The van der Waals surface area contributed by atoms with Gasteiger partial charge in [-0.1, -0.05) is 23.2 Å². The topological polar surface area (TPSA) is 75.2 Å². The molecule has 2 amide bonds. The van der Waals surface area contributed by atoms with Gasteiger partial charge in [0.2, 0.25) is 0 Å². The van der Waals surface area contributed by atoms with Gasteiger partial charge in [-0.15, -0.1) is 0 Å². The molecule has 0 atom stereocenters. The minimum atomic E-state index is -1.07. The first-order valence-electron chi connectivity index (χ1n) is 8.48. The summed E-state index contributed by atoms with van der Waals surface area (Å²) in [5, 5.41) is 2.79. The van der Waals surface area contributed by atoms with Crippen molar-refractivity contribution in [2.45, 2.75) is 37.6 Å². The number of nitrogens with one attached hydrogen (secondary N) is 1. The van der Waals surface area contributed by atoms with Gasteiger partial charge in [0.1, 0.15) is 0 Å². The maximum absolute atomic E-state index is 12.8. The maximum Gasteiger partial charge on any atom is 0.253 e. The molecule has 1 saturated heterocycles. The third kappa shape index (κ3) is 4.07. The number of piperidine rings is 1. The predicted octanol–water partition coefficient (Wildman–Crippen LogP) is 2.77. The van der Waals surface area contributed by atoms with Crippen LogP contribution in [0.1, 0.15) is 34.6 Å². The molecule has 1 aromatic heterocycles. The summed E-state index contributed by atoms with van der Waals surface area (Å²) >= 11 is 11.1. The van der Waals surface area contributed by atoms with E-state index in [1.165, 1.54) is 0 Å². The molecule has 0 saturated carbocycles. The van der Waals surface area contributed by atoms with E-state index in [4.69, 9.17) is 23.2 Å². The number of carbonyl (C=O) groups is 2. The Kier molecular flexibility index (Phi) is 5.63. The summed E-state index contributed by atoms with van der Waals surface area (Å²) < 4.78 is 0. The zero-order valence-electron chi connectivity index (χ0n) is 14.6. The minimum absolute atomic E-state index is 0.0142. The van der Waals surface area contributed by atoms with Crippen LogP contribution in [0.5, 0.6) is 0 Å². The van der Waals surface area contributed by atoms with E-state index in [1.54, 1.807) is 17.0 Å². The number of alkyl halides is 2. The first-order valence-corrected chi connectivity index (χ1v) is 9.35. The fourth-order valence-electron chi connectivity index (χ4n) is 3.04. The Hall–Kier alpha value is -1.92. The van der Waals surface area contributed by atoms with E-state index < -0.39 is 10.7 Å². The molecule has 3 rings (SSSR count). The van der Waals surface area contributed by atoms with Crippen molar-refractivity contribution in [1.82, 2.24) is 20.2 Å². The zero-order chi connectivity index (χ0) is 18.8. The summed E-state index contributed by atoms with van der Waals surface area (Å²) in [6.07, 6.45) is 1.34. The van der Waals surface area contributed by atoms with Gasteiger partial charge in [0.05, 0.1) is 22.4 Å². The fraction of sp³-hybridized carbons (Fsp3) is 0.444. The maximum atomic E-state index is 12.8. The van der Waals surface area contributed by atoms with E-state index in [-0.39, 0.29) is 11.9 Å². The van der Waals surface area contributed by atoms with Gasteiger partial charge in [-0.05, 0) is 44.9 Å². The number of aryl methyl sites for hydroxylation is 2. The number of benzene rings is 1. The Balaban J connectivity index is 1.68. The van der Waals surface area contributed by atoms with Gasteiger partial charge in [-0.3, -0.25) is 9.59 Å². The highest BCUT2D eigenvalue weighted by Gasteiger charge is 2.26. The second-order valence-electron chi connectivity index (χ2n) is 6.47. The number of fused-ring (bicyclic) bond motifs is 1. The molecule has 8 heteroatoms. The van der Waals surface area contributed by atoms with Crippen LogP contribution in [0.25, 0.3) is 11.0 Å². The van der Waals surface area contributed by atoms with E-state index in [0.717, 1.165) is 22.4 Å². The number of halogens is 2. The zero-order valence-corrected chi connectivity index (χ0v) is 16.1. The molecule has 1 aromatic carbocycles. The lowest BCUT2D eigenvalue weighted by atomic mass is 10.0. The van der Waals surface area contributed by atoms with Gasteiger partial charge in [0.25, 0.3) is 11.8 Å². The van der Waals surface area contributed by atoms with Crippen LogP contribution in [0, 0.1) is 13.8 Å². The number of hydrogen-bond donors (Lipinski definition) is 1. The van der Waals surface area contributed by atoms with Crippen LogP contribution >= 0.6 is 23.2 Å². The lowest BCUT2D eigenvalue weighted by molar-refractivity contribution is -0.120. The lowest BCUT2D eigenvalue weighted by Gasteiger charge is -2.32. The van der Waals surface area contributed by atoms with Gasteiger partial charge >= 0.3 is 0 Å². The number of nitrogens with zero attached hydrogens (tertiary/aromatic N) is 3. The average Bonchev–Trinajstić information content (AvgIpc) is 2.62. The molecule has 0 spiro atoms. The minimum Gasteiger partial charge on any atom is -0.351 e. The molecule has 2 heterocycles. The molecule has 26 heavy (non-hydrogen) atoms. The molecule has 0 unspecified atom stereocenters. The Morgan fingerprint density at radius 2 is 1.73 bits per heavy atom. The number of likely N-dealkylation sites (tertiary alicyclic amines) is 1. The highest BCUT2D eigenvalue weighted by molar-refractivity contribution is 6.53. The fourth-order valence-corrected chi connectivity index (χ4v) is 3.16. The first kappa shape index (κ1) is 18.9. The van der Waals surface area contributed by atoms with Gasteiger partial charge in [-0.25, -0.2) is 9.97 Å². The van der Waals surface area contributed by atoms with Crippen LogP contribution in [0.15, 0.2) is 18.2 Å². The molecule has 1 aliphatic rings. The number of aromatic nitrogens is 2. The second kappa shape index (κ2) is 7.76. The average molecular weight is 395 g/mol. The Bertz CT molecular complexity index is 848. The summed E-state index contributed by atoms with van der Waals surface area (Å²) in [4.78, 5) is 34.1. The first-order chi connectivity index (χ1) is 12.3. The van der Waals surface area contributed by atoms with Crippen molar-refractivity contribution in [2.75, 3.05) is 13.1 Å². The molecule has 1 fully saturated rings. The summed E-state index contributed by atoms with van der Waals surface area (Å²) in [6, 6.07) is 5.39. The van der Waals surface area contributed by atoms with Crippen molar-refractivity contribution >= 4 is 46.0 Å². The van der Waals surface area contributed by atoms with Crippen LogP contribution in [0.4, 0.5) is 0 Å². The smallest absolute Gasteiger partial charge is 0.253 e. The quantitative estimate of drug-likeness (QED) is 0.811. The van der Waals surface area contributed by atoms with Gasteiger partial charge in [0.15, 0.2) is 4.84 Å². The predicted molar refractivity (Wildman–Crippen MR) is 102 cm³/mol. The standard InChI is InChI=1S/C18H20Cl2N4O2/c1-10-11(2)22-15-9-12(3-4-14(15)21-10)18(26)24-7-5-13(6-8-24)23-17(25)16(19)20/h3-4,9,13,16H,5-8H2,1-2H3,(H,23,25). The molecule has 0 radical (unpaired) electrons. The highest BCUT2D eigenvalue weighted by atomic mass is 35.5. The summed E-state index contributed by atoms with van der Waals surface area (Å²) in [5.41, 5.74) is 3.84. The molecule has 1 aliphatic heterocycles. The largest absolute Gasteiger partial charge is 0.351 e. The van der Waals surface area contributed by atoms with Crippen LogP contribution in [-0.4, -0.2) is 50.6 Å². The van der Waals surface area contributed by atoms with Crippen molar-refractivity contribution in [3.63, 3.8) is 0 Å². The van der Waals surface area contributed by atoms with E-state index in [9.17, 15) is 9.59 Å². The van der Waals surface area contributed by atoms with Crippen molar-refractivity contribution in [3.8, 4) is 0 Å². The molecule has 138 valence electrons. The van der Waals surface area contributed by atoms with E-state index in [0.29, 0.717) is 31.5 Å². The normalized spacial score (nSPS) is 15.5. The van der Waals surface area contributed by atoms with Crippen molar-refractivity contribution in [3.05, 3.63) is 35.2 Å². The number of amides is 2. The third-order valence-electron chi connectivity index (χ3n) is 4.65. The Morgan fingerprint density at radius 1 is 1.12 bits per heavy atom. The molecule has 0 bridgehead atoms. The Morgan fingerprint density at radius 3 is 2.35 bits per heavy atom. The molecule has 6 nitrogen and oxygen atoms in total. The number of carbonyl (C=O) groups excluding carboxylic acids is 2. The molecule has 1 N–H and O–H groups in total. The summed E-state index contributed by atoms with van der Waals surface area (Å²) in [6.45, 7) is 4.95. The SMILES string of the molecule is Cc1nc2ccc(C(=O)N3CCC(NC(=O)C(Cl)Cl)CC3)cc2nc1C. The summed E-state index contributed by atoms with van der Waals surface area (Å²) in [5.74, 6) is -0.429. The second-order valence-corrected chi connectivity index (χ2v) is 7.57. The molecular weight excluding hydrogens is 375 g/mol. The highest BCUT2D eigenvalue weighted by Crippen LogP contribution is 2.18. The van der Waals surface area contributed by atoms with E-state index in [1.807, 2.05) is 19.9 Å². The molecule has 0 aliphatic carbocycles. The Labute approximate surface area is 161 Å². The molecule has 2 aromatic rings. The van der Waals surface area contributed by atoms with Gasteiger partial charge in [-0.2, -0.15) is 0 Å². The van der Waals surface area contributed by atoms with Crippen molar-refractivity contribution < 1.29 is 9.59 Å². The van der Waals surface area contributed by atoms with E-state index >= 15 is 0 Å². The van der Waals surface area contributed by atoms with Crippen LogP contribution in [-0.2, 0) is 4.79 Å². The number of rotatable bonds is 3. The van der Waals surface area contributed by atoms with E-state index in [2.05, 4.69) is 15.3 Å². The number of hydrogen-bond acceptors (Lipinski definition) is 4. The van der Waals surface area contributed by atoms with Crippen molar-refractivity contribution in [1.29, 1.82) is 0 Å². The van der Waals surface area contributed by atoms with Gasteiger partial charge < -0.3 is 10.2 Å². The third-order valence-corrected chi connectivity index (χ3v) is 5.05. The molecular formula is C18H20Cl2N4O2. The summed E-state index contributed by atoms with van der Waals surface area (Å²) in [7, 11) is 0. The van der Waals surface area contributed by atoms with Crippen LogP contribution < -0.4 is 5.32 Å².